The molecule has 5 nitrogen and oxygen atoms in total. The lowest BCUT2D eigenvalue weighted by Crippen LogP contribution is -2.45. The molecular weight excluding hydrogens is 244 g/mol. The van der Waals surface area contributed by atoms with Crippen molar-refractivity contribution in [1.82, 2.24) is 0 Å². The maximum atomic E-state index is 11.1. The largest absolute Gasteiger partial charge is 0.495 e. The van der Waals surface area contributed by atoms with Crippen molar-refractivity contribution in [2.45, 2.75) is 13.8 Å². The van der Waals surface area contributed by atoms with E-state index in [1.807, 2.05) is 18.2 Å². The Morgan fingerprint density at radius 1 is 1.47 bits per heavy atom. The maximum absolute atomic E-state index is 11.1. The summed E-state index contributed by atoms with van der Waals surface area (Å²) in [5.41, 5.74) is 1.81. The number of methoxy groups -OCH3 is 1. The van der Waals surface area contributed by atoms with Gasteiger partial charge in [0.2, 0.25) is 5.91 Å². The molecule has 2 N–H and O–H groups in total. The normalized spacial score (nSPS) is 16.4. The Morgan fingerprint density at radius 3 is 2.74 bits per heavy atom. The van der Waals surface area contributed by atoms with Gasteiger partial charge in [-0.1, -0.05) is 6.92 Å². The van der Waals surface area contributed by atoms with Crippen LogP contribution >= 0.6 is 0 Å². The molecule has 0 aromatic heterocycles. The van der Waals surface area contributed by atoms with E-state index >= 15 is 0 Å². The lowest BCUT2D eigenvalue weighted by atomic mass is 9.88. The minimum atomic E-state index is -0.0875. The van der Waals surface area contributed by atoms with Gasteiger partial charge in [0.05, 0.1) is 26.0 Å². The first kappa shape index (κ1) is 13.7. The molecule has 0 bridgehead atoms. The van der Waals surface area contributed by atoms with Gasteiger partial charge in [0.1, 0.15) is 5.75 Å². The van der Waals surface area contributed by atoms with Gasteiger partial charge in [0, 0.05) is 24.6 Å². The number of hydrogen-bond acceptors (Lipinski definition) is 4. The molecule has 1 heterocycles. The zero-order valence-corrected chi connectivity index (χ0v) is 11.6. The number of amides is 1. The van der Waals surface area contributed by atoms with Crippen molar-refractivity contribution < 1.29 is 14.3 Å². The Kier molecular flexibility index (Phi) is 3.95. The molecule has 5 heteroatoms. The zero-order valence-electron chi connectivity index (χ0n) is 11.6. The topological polar surface area (TPSA) is 59.6 Å². The van der Waals surface area contributed by atoms with E-state index in [1.165, 1.54) is 6.92 Å². The van der Waals surface area contributed by atoms with Gasteiger partial charge in [-0.15, -0.1) is 0 Å². The van der Waals surface area contributed by atoms with Crippen molar-refractivity contribution in [3.05, 3.63) is 18.2 Å². The molecule has 0 atom stereocenters. The summed E-state index contributed by atoms with van der Waals surface area (Å²) in [5.74, 6) is 0.674. The van der Waals surface area contributed by atoms with Crippen molar-refractivity contribution in [2.24, 2.45) is 5.41 Å². The molecule has 0 radical (unpaired) electrons. The number of benzene rings is 1. The molecule has 1 aliphatic heterocycles. The number of carbonyl (C=O) groups is 1. The summed E-state index contributed by atoms with van der Waals surface area (Å²) in [5, 5.41) is 6.13. The van der Waals surface area contributed by atoms with E-state index in [0.717, 1.165) is 36.9 Å². The average Bonchev–Trinajstić information content (AvgIpc) is 2.33. The Bertz CT molecular complexity index is 470. The highest BCUT2D eigenvalue weighted by molar-refractivity contribution is 5.89. The van der Waals surface area contributed by atoms with Gasteiger partial charge in [0.15, 0.2) is 0 Å². The molecule has 1 fully saturated rings. The second-order valence-electron chi connectivity index (χ2n) is 5.25. The van der Waals surface area contributed by atoms with Crippen molar-refractivity contribution in [3.8, 4) is 5.75 Å². The van der Waals surface area contributed by atoms with Gasteiger partial charge in [-0.3, -0.25) is 4.79 Å². The zero-order chi connectivity index (χ0) is 13.9. The maximum Gasteiger partial charge on any atom is 0.221 e. The lowest BCUT2D eigenvalue weighted by molar-refractivity contribution is -0.114. The third-order valence-electron chi connectivity index (χ3n) is 3.13. The quantitative estimate of drug-likeness (QED) is 0.855. The van der Waals surface area contributed by atoms with E-state index in [9.17, 15) is 4.79 Å². The Labute approximate surface area is 113 Å². The van der Waals surface area contributed by atoms with E-state index < -0.39 is 0 Å². The summed E-state index contributed by atoms with van der Waals surface area (Å²) in [6.07, 6.45) is 0. The highest BCUT2D eigenvalue weighted by Crippen LogP contribution is 2.31. The minimum absolute atomic E-state index is 0.0875. The Morgan fingerprint density at radius 2 is 2.21 bits per heavy atom. The van der Waals surface area contributed by atoms with E-state index in [-0.39, 0.29) is 11.3 Å². The van der Waals surface area contributed by atoms with Crippen molar-refractivity contribution in [2.75, 3.05) is 37.5 Å². The summed E-state index contributed by atoms with van der Waals surface area (Å²) < 4.78 is 10.5. The molecule has 1 aromatic rings. The van der Waals surface area contributed by atoms with E-state index in [4.69, 9.17) is 9.47 Å². The van der Waals surface area contributed by atoms with Crippen LogP contribution in [0.4, 0.5) is 11.4 Å². The summed E-state index contributed by atoms with van der Waals surface area (Å²) in [6.45, 7) is 6.02. The van der Waals surface area contributed by atoms with E-state index in [1.54, 1.807) is 7.11 Å². The van der Waals surface area contributed by atoms with Crippen LogP contribution in [0.5, 0.6) is 5.75 Å². The average molecular weight is 264 g/mol. The minimum Gasteiger partial charge on any atom is -0.495 e. The van der Waals surface area contributed by atoms with Gasteiger partial charge < -0.3 is 20.1 Å². The van der Waals surface area contributed by atoms with Crippen LogP contribution in [0.15, 0.2) is 18.2 Å². The van der Waals surface area contributed by atoms with E-state index in [0.29, 0.717) is 0 Å². The molecular formula is C14H20N2O3. The third kappa shape index (κ3) is 3.38. The van der Waals surface area contributed by atoms with Crippen LogP contribution < -0.4 is 15.4 Å². The van der Waals surface area contributed by atoms with Gasteiger partial charge in [0.25, 0.3) is 0 Å². The fourth-order valence-electron chi connectivity index (χ4n) is 1.99. The summed E-state index contributed by atoms with van der Waals surface area (Å²) in [7, 11) is 1.63. The standard InChI is InChI=1S/C14H20N2O3/c1-10(17)16-11-4-5-13(18-3)12(6-11)15-7-14(2)8-19-9-14/h4-6,15H,7-9H2,1-3H3,(H,16,17). The molecule has 104 valence electrons. The molecule has 0 spiro atoms. The van der Waals surface area contributed by atoms with Crippen molar-refractivity contribution in [1.29, 1.82) is 0 Å². The smallest absolute Gasteiger partial charge is 0.221 e. The van der Waals surface area contributed by atoms with Crippen LogP contribution in [0.2, 0.25) is 0 Å². The first-order valence-corrected chi connectivity index (χ1v) is 6.30. The second-order valence-corrected chi connectivity index (χ2v) is 5.25. The number of carbonyl (C=O) groups excluding carboxylic acids is 1. The van der Waals surface area contributed by atoms with Gasteiger partial charge >= 0.3 is 0 Å². The summed E-state index contributed by atoms with van der Waals surface area (Å²) >= 11 is 0. The Balaban J connectivity index is 2.09. The van der Waals surface area contributed by atoms with Crippen LogP contribution in [0.1, 0.15) is 13.8 Å². The molecule has 0 unspecified atom stereocenters. The molecule has 0 aliphatic carbocycles. The molecule has 1 saturated heterocycles. The van der Waals surface area contributed by atoms with Gasteiger partial charge in [-0.2, -0.15) is 0 Å². The van der Waals surface area contributed by atoms with E-state index in [2.05, 4.69) is 17.6 Å². The molecule has 0 saturated carbocycles. The van der Waals surface area contributed by atoms with Crippen LogP contribution in [0.25, 0.3) is 0 Å². The number of ether oxygens (including phenoxy) is 2. The first-order valence-electron chi connectivity index (χ1n) is 6.30. The number of anilines is 2. The molecule has 2 rings (SSSR count). The predicted molar refractivity (Wildman–Crippen MR) is 74.7 cm³/mol. The first-order chi connectivity index (χ1) is 9.02. The number of nitrogens with one attached hydrogen (secondary N) is 2. The van der Waals surface area contributed by atoms with Crippen LogP contribution in [-0.2, 0) is 9.53 Å². The molecule has 1 aliphatic rings. The molecule has 1 aromatic carbocycles. The summed E-state index contributed by atoms with van der Waals surface area (Å²) in [6, 6.07) is 5.54. The van der Waals surface area contributed by atoms with Gasteiger partial charge in [-0.05, 0) is 18.2 Å². The highest BCUT2D eigenvalue weighted by Gasteiger charge is 2.33. The van der Waals surface area contributed by atoms with Crippen LogP contribution in [0, 0.1) is 5.41 Å². The van der Waals surface area contributed by atoms with Gasteiger partial charge in [-0.25, -0.2) is 0 Å². The van der Waals surface area contributed by atoms with Crippen molar-refractivity contribution >= 4 is 17.3 Å². The van der Waals surface area contributed by atoms with Crippen LogP contribution in [-0.4, -0.2) is 32.8 Å². The van der Waals surface area contributed by atoms with Crippen LogP contribution in [0.3, 0.4) is 0 Å². The SMILES string of the molecule is COc1ccc(NC(C)=O)cc1NCC1(C)COC1. The number of rotatable bonds is 5. The fourth-order valence-corrected chi connectivity index (χ4v) is 1.99. The Hall–Kier alpha value is -1.75. The second kappa shape index (κ2) is 5.48. The van der Waals surface area contributed by atoms with Crippen molar-refractivity contribution in [3.63, 3.8) is 0 Å². The third-order valence-corrected chi connectivity index (χ3v) is 3.13. The molecule has 19 heavy (non-hydrogen) atoms. The predicted octanol–water partition coefficient (Wildman–Crippen LogP) is 2.10. The molecule has 1 amide bonds. The highest BCUT2D eigenvalue weighted by atomic mass is 16.5. The summed E-state index contributed by atoms with van der Waals surface area (Å²) in [4.78, 5) is 11.1. The lowest BCUT2D eigenvalue weighted by Gasteiger charge is -2.38. The monoisotopic (exact) mass is 264 g/mol. The number of hydrogen-bond donors (Lipinski definition) is 2. The fraction of sp³-hybridized carbons (Fsp3) is 0.500.